The Balaban J connectivity index is 1.76. The number of aryl methyl sites for hydroxylation is 2. The number of aromatic nitrogens is 3. The summed E-state index contributed by atoms with van der Waals surface area (Å²) in [6.07, 6.45) is 5.05. The normalized spacial score (nSPS) is 15.5. The molecule has 1 aromatic carbocycles. The fourth-order valence-electron chi connectivity index (χ4n) is 3.38. The Morgan fingerprint density at radius 1 is 1.23 bits per heavy atom. The van der Waals surface area contributed by atoms with Gasteiger partial charge in [0.2, 0.25) is 0 Å². The van der Waals surface area contributed by atoms with Gasteiger partial charge in [-0.25, -0.2) is 4.99 Å². The molecule has 1 aliphatic carbocycles. The van der Waals surface area contributed by atoms with Gasteiger partial charge in [0, 0.05) is 26.7 Å². The summed E-state index contributed by atoms with van der Waals surface area (Å²) in [4.78, 5) is 7.08. The third-order valence-corrected chi connectivity index (χ3v) is 5.27. The molecule has 0 aliphatic heterocycles. The molecular formula is C20H30N6. The average Bonchev–Trinajstić information content (AvgIpc) is 3.25. The lowest BCUT2D eigenvalue weighted by Crippen LogP contribution is -2.43. The molecule has 26 heavy (non-hydrogen) atoms. The number of hydrogen-bond donors (Lipinski definition) is 1. The van der Waals surface area contributed by atoms with Crippen molar-refractivity contribution in [1.29, 1.82) is 0 Å². The average molecular weight is 355 g/mol. The molecule has 0 bridgehead atoms. The van der Waals surface area contributed by atoms with Gasteiger partial charge < -0.3 is 14.8 Å². The second-order valence-electron chi connectivity index (χ2n) is 7.27. The minimum atomic E-state index is 0.523. The van der Waals surface area contributed by atoms with E-state index in [1.807, 2.05) is 18.5 Å². The van der Waals surface area contributed by atoms with Crippen LogP contribution in [0.1, 0.15) is 48.5 Å². The molecule has 1 saturated carbocycles. The van der Waals surface area contributed by atoms with Crippen molar-refractivity contribution in [3.05, 3.63) is 47.0 Å². The van der Waals surface area contributed by atoms with Crippen molar-refractivity contribution in [2.45, 2.75) is 58.7 Å². The number of nitrogens with zero attached hydrogens (tertiary/aromatic N) is 5. The Bertz CT molecular complexity index is 757. The molecular weight excluding hydrogens is 324 g/mol. The summed E-state index contributed by atoms with van der Waals surface area (Å²) >= 11 is 0. The van der Waals surface area contributed by atoms with Crippen molar-refractivity contribution in [2.24, 2.45) is 12.0 Å². The van der Waals surface area contributed by atoms with E-state index in [1.165, 1.54) is 36.8 Å². The van der Waals surface area contributed by atoms with E-state index in [0.717, 1.165) is 24.2 Å². The maximum Gasteiger partial charge on any atom is 0.194 e. The number of hydrogen-bond acceptors (Lipinski definition) is 3. The first-order valence-electron chi connectivity index (χ1n) is 9.46. The molecule has 6 nitrogen and oxygen atoms in total. The maximum atomic E-state index is 4.87. The summed E-state index contributed by atoms with van der Waals surface area (Å²) < 4.78 is 2.00. The highest BCUT2D eigenvalue weighted by molar-refractivity contribution is 5.80. The molecule has 1 fully saturated rings. The second kappa shape index (κ2) is 8.34. The Labute approximate surface area is 156 Å². The van der Waals surface area contributed by atoms with Gasteiger partial charge in [-0.05, 0) is 37.8 Å². The van der Waals surface area contributed by atoms with Crippen molar-refractivity contribution < 1.29 is 0 Å². The van der Waals surface area contributed by atoms with E-state index in [-0.39, 0.29) is 0 Å². The molecule has 1 heterocycles. The van der Waals surface area contributed by atoms with E-state index in [2.05, 4.69) is 58.7 Å². The van der Waals surface area contributed by atoms with Crippen molar-refractivity contribution >= 4 is 5.96 Å². The van der Waals surface area contributed by atoms with E-state index in [1.54, 1.807) is 0 Å². The second-order valence-corrected chi connectivity index (χ2v) is 7.27. The summed E-state index contributed by atoms with van der Waals surface area (Å²) in [5, 5.41) is 12.0. The van der Waals surface area contributed by atoms with E-state index < -0.39 is 0 Å². The number of rotatable bonds is 5. The zero-order valence-corrected chi connectivity index (χ0v) is 16.4. The van der Waals surface area contributed by atoms with Gasteiger partial charge in [0.1, 0.15) is 12.4 Å². The van der Waals surface area contributed by atoms with Crippen LogP contribution >= 0.6 is 0 Å². The topological polar surface area (TPSA) is 58.3 Å². The van der Waals surface area contributed by atoms with E-state index in [0.29, 0.717) is 12.6 Å². The molecule has 6 heteroatoms. The zero-order valence-electron chi connectivity index (χ0n) is 16.4. The maximum absolute atomic E-state index is 4.87. The van der Waals surface area contributed by atoms with E-state index in [4.69, 9.17) is 4.99 Å². The highest BCUT2D eigenvalue weighted by atomic mass is 15.3. The van der Waals surface area contributed by atoms with Crippen LogP contribution in [0.4, 0.5) is 0 Å². The third kappa shape index (κ3) is 4.42. The SMILES string of the molecule is Cc1ccccc1CN(C)C(=NCc1nnc(C)n1C)NC1CCCC1. The molecule has 0 unspecified atom stereocenters. The molecule has 0 saturated heterocycles. The molecule has 3 rings (SSSR count). The van der Waals surface area contributed by atoms with Gasteiger partial charge in [0.25, 0.3) is 0 Å². The van der Waals surface area contributed by atoms with Crippen LogP contribution in [0, 0.1) is 13.8 Å². The van der Waals surface area contributed by atoms with Crippen molar-refractivity contribution in [3.63, 3.8) is 0 Å². The first-order chi connectivity index (χ1) is 12.5. The zero-order chi connectivity index (χ0) is 18.5. The molecule has 0 atom stereocenters. The monoisotopic (exact) mass is 354 g/mol. The Kier molecular flexibility index (Phi) is 5.91. The van der Waals surface area contributed by atoms with Gasteiger partial charge in [0.05, 0.1) is 0 Å². The van der Waals surface area contributed by atoms with Gasteiger partial charge in [0.15, 0.2) is 11.8 Å². The highest BCUT2D eigenvalue weighted by Gasteiger charge is 2.19. The fourth-order valence-corrected chi connectivity index (χ4v) is 3.38. The lowest BCUT2D eigenvalue weighted by Gasteiger charge is -2.26. The molecule has 1 N–H and O–H groups in total. The van der Waals surface area contributed by atoms with Gasteiger partial charge in [-0.2, -0.15) is 0 Å². The van der Waals surface area contributed by atoms with Gasteiger partial charge >= 0.3 is 0 Å². The summed E-state index contributed by atoms with van der Waals surface area (Å²) in [5.41, 5.74) is 2.63. The first kappa shape index (κ1) is 18.4. The van der Waals surface area contributed by atoms with Gasteiger partial charge in [-0.1, -0.05) is 37.1 Å². The quantitative estimate of drug-likeness (QED) is 0.662. The summed E-state index contributed by atoms with van der Waals surface area (Å²) in [6.45, 7) is 5.49. The van der Waals surface area contributed by atoms with Crippen molar-refractivity contribution in [2.75, 3.05) is 7.05 Å². The van der Waals surface area contributed by atoms with Crippen LogP contribution in [0.25, 0.3) is 0 Å². The molecule has 2 aromatic rings. The van der Waals surface area contributed by atoms with Crippen LogP contribution < -0.4 is 5.32 Å². The molecule has 1 aromatic heterocycles. The number of guanidine groups is 1. The Morgan fingerprint density at radius 2 is 1.96 bits per heavy atom. The fraction of sp³-hybridized carbons (Fsp3) is 0.550. The lowest BCUT2D eigenvalue weighted by molar-refractivity contribution is 0.455. The van der Waals surface area contributed by atoms with Crippen LogP contribution in [0.3, 0.4) is 0 Å². The van der Waals surface area contributed by atoms with Crippen LogP contribution in [-0.2, 0) is 20.1 Å². The summed E-state index contributed by atoms with van der Waals surface area (Å²) in [7, 11) is 4.09. The van der Waals surface area contributed by atoms with E-state index in [9.17, 15) is 0 Å². The van der Waals surface area contributed by atoms with Gasteiger partial charge in [-0.15, -0.1) is 10.2 Å². The van der Waals surface area contributed by atoms with Crippen LogP contribution in [0.15, 0.2) is 29.3 Å². The van der Waals surface area contributed by atoms with Crippen LogP contribution in [-0.4, -0.2) is 38.7 Å². The first-order valence-corrected chi connectivity index (χ1v) is 9.46. The minimum absolute atomic E-state index is 0.523. The molecule has 0 spiro atoms. The van der Waals surface area contributed by atoms with Crippen molar-refractivity contribution in [3.8, 4) is 0 Å². The van der Waals surface area contributed by atoms with Crippen LogP contribution in [0.5, 0.6) is 0 Å². The largest absolute Gasteiger partial charge is 0.353 e. The minimum Gasteiger partial charge on any atom is -0.353 e. The molecule has 0 amide bonds. The van der Waals surface area contributed by atoms with E-state index >= 15 is 0 Å². The highest BCUT2D eigenvalue weighted by Crippen LogP contribution is 2.18. The lowest BCUT2D eigenvalue weighted by atomic mass is 10.1. The smallest absolute Gasteiger partial charge is 0.194 e. The standard InChI is InChI=1S/C20H30N6/c1-15-9-5-6-10-17(15)14-25(3)20(22-18-11-7-8-12-18)21-13-19-24-23-16(2)26(19)4/h5-6,9-10,18H,7-8,11-14H2,1-4H3,(H,21,22). The third-order valence-electron chi connectivity index (χ3n) is 5.27. The summed E-state index contributed by atoms with van der Waals surface area (Å²) in [6, 6.07) is 9.05. The Hall–Kier alpha value is -2.37. The molecule has 0 radical (unpaired) electrons. The number of nitrogens with one attached hydrogen (secondary N) is 1. The van der Waals surface area contributed by atoms with Crippen LogP contribution in [0.2, 0.25) is 0 Å². The summed E-state index contributed by atoms with van der Waals surface area (Å²) in [5.74, 6) is 2.74. The Morgan fingerprint density at radius 3 is 2.62 bits per heavy atom. The molecule has 140 valence electrons. The molecule has 1 aliphatic rings. The predicted octanol–water partition coefficient (Wildman–Crippen LogP) is 2.95. The van der Waals surface area contributed by atoms with Crippen molar-refractivity contribution in [1.82, 2.24) is 25.0 Å². The van der Waals surface area contributed by atoms with Gasteiger partial charge in [-0.3, -0.25) is 0 Å². The number of aliphatic imine (C=N–C) groups is 1. The predicted molar refractivity (Wildman–Crippen MR) is 105 cm³/mol. The number of benzene rings is 1.